The van der Waals surface area contributed by atoms with Gasteiger partial charge < -0.3 is 15.7 Å². The van der Waals surface area contributed by atoms with E-state index in [1.165, 1.54) is 0 Å². The molecule has 0 spiro atoms. The lowest BCUT2D eigenvalue weighted by Crippen LogP contribution is -2.54. The molecule has 5 nitrogen and oxygen atoms in total. The van der Waals surface area contributed by atoms with Crippen LogP contribution in [0.15, 0.2) is 0 Å². The number of rotatable bonds is 3. The van der Waals surface area contributed by atoms with Crippen molar-refractivity contribution in [1.29, 1.82) is 0 Å². The Morgan fingerprint density at radius 3 is 2.53 bits per heavy atom. The van der Waals surface area contributed by atoms with Gasteiger partial charge in [-0.3, -0.25) is 9.69 Å². The average molecular weight is 213 g/mol. The molecule has 2 atom stereocenters. The van der Waals surface area contributed by atoms with Crippen LogP contribution in [0.3, 0.4) is 0 Å². The highest BCUT2D eigenvalue weighted by Gasteiger charge is 2.35. The summed E-state index contributed by atoms with van der Waals surface area (Å²) in [7, 11) is 0. The van der Waals surface area contributed by atoms with E-state index in [0.29, 0.717) is 0 Å². The quantitative estimate of drug-likeness (QED) is 0.558. The largest absolute Gasteiger partial charge is 0.480 e. The summed E-state index contributed by atoms with van der Waals surface area (Å²) >= 11 is 0. The normalized spacial score (nSPS) is 30.3. The summed E-state index contributed by atoms with van der Waals surface area (Å²) in [6.07, 6.45) is 0.987. The summed E-state index contributed by atoms with van der Waals surface area (Å²) in [5.74, 6) is -0.383. The molecule has 2 fully saturated rings. The minimum Gasteiger partial charge on any atom is -0.480 e. The molecule has 5 heteroatoms. The van der Waals surface area contributed by atoms with E-state index in [2.05, 4.69) is 15.5 Å². The molecule has 0 aromatic rings. The molecule has 15 heavy (non-hydrogen) atoms. The number of carboxylic acids is 1. The van der Waals surface area contributed by atoms with Crippen molar-refractivity contribution in [3.05, 3.63) is 0 Å². The Labute approximate surface area is 89.8 Å². The van der Waals surface area contributed by atoms with Crippen LogP contribution >= 0.6 is 0 Å². The van der Waals surface area contributed by atoms with Gasteiger partial charge in [0.1, 0.15) is 6.04 Å². The number of piperazine rings is 1. The van der Waals surface area contributed by atoms with Crippen molar-refractivity contribution < 1.29 is 9.90 Å². The molecule has 2 aliphatic heterocycles. The van der Waals surface area contributed by atoms with Gasteiger partial charge in [-0.25, -0.2) is 0 Å². The van der Waals surface area contributed by atoms with Crippen LogP contribution in [-0.2, 0) is 4.79 Å². The van der Waals surface area contributed by atoms with E-state index in [1.807, 2.05) is 0 Å². The summed E-state index contributed by atoms with van der Waals surface area (Å²) < 4.78 is 0. The van der Waals surface area contributed by atoms with Crippen molar-refractivity contribution in [2.75, 3.05) is 39.3 Å². The highest BCUT2D eigenvalue weighted by atomic mass is 16.4. The zero-order chi connectivity index (χ0) is 10.7. The van der Waals surface area contributed by atoms with Gasteiger partial charge in [0.25, 0.3) is 0 Å². The average Bonchev–Trinajstić information content (AvgIpc) is 2.72. The zero-order valence-electron chi connectivity index (χ0n) is 8.91. The second-order valence-corrected chi connectivity index (χ2v) is 4.32. The first kappa shape index (κ1) is 10.9. The predicted octanol–water partition coefficient (Wildman–Crippen LogP) is -1.05. The minimum absolute atomic E-state index is 0.278. The summed E-state index contributed by atoms with van der Waals surface area (Å²) in [5, 5.41) is 15.8. The van der Waals surface area contributed by atoms with Crippen molar-refractivity contribution in [2.45, 2.75) is 12.5 Å². The Morgan fingerprint density at radius 1 is 1.27 bits per heavy atom. The maximum Gasteiger partial charge on any atom is 0.321 e. The molecular weight excluding hydrogens is 194 g/mol. The standard InChI is InChI=1S/C10H19N3O2/c14-10(15)9(8-1-2-12-7-8)13-5-3-11-4-6-13/h8-9,11-12H,1-7H2,(H,14,15). The van der Waals surface area contributed by atoms with Gasteiger partial charge in [-0.1, -0.05) is 0 Å². The van der Waals surface area contributed by atoms with Crippen LogP contribution in [0.1, 0.15) is 6.42 Å². The number of aliphatic carboxylic acids is 1. The first-order chi connectivity index (χ1) is 7.29. The van der Waals surface area contributed by atoms with Gasteiger partial charge in [-0.2, -0.15) is 0 Å². The molecule has 0 aliphatic carbocycles. The summed E-state index contributed by atoms with van der Waals surface area (Å²) in [6.45, 7) is 5.33. The van der Waals surface area contributed by atoms with Crippen molar-refractivity contribution in [3.63, 3.8) is 0 Å². The van der Waals surface area contributed by atoms with Gasteiger partial charge in [0.05, 0.1) is 0 Å². The highest BCUT2D eigenvalue weighted by molar-refractivity contribution is 5.74. The SMILES string of the molecule is O=C(O)C(C1CCNC1)N1CCNCC1. The summed E-state index contributed by atoms with van der Waals surface area (Å²) in [6, 6.07) is -0.290. The Morgan fingerprint density at radius 2 is 2.00 bits per heavy atom. The fourth-order valence-electron chi connectivity index (χ4n) is 2.56. The van der Waals surface area contributed by atoms with Crippen molar-refractivity contribution >= 4 is 5.97 Å². The third-order valence-electron chi connectivity index (χ3n) is 3.34. The number of carboxylic acid groups (broad SMARTS) is 1. The molecule has 2 aliphatic rings. The van der Waals surface area contributed by atoms with Crippen molar-refractivity contribution in [1.82, 2.24) is 15.5 Å². The van der Waals surface area contributed by atoms with E-state index >= 15 is 0 Å². The first-order valence-corrected chi connectivity index (χ1v) is 5.67. The van der Waals surface area contributed by atoms with Crippen LogP contribution in [0.25, 0.3) is 0 Å². The van der Waals surface area contributed by atoms with Gasteiger partial charge in [0, 0.05) is 32.7 Å². The van der Waals surface area contributed by atoms with E-state index in [1.54, 1.807) is 0 Å². The lowest BCUT2D eigenvalue weighted by Gasteiger charge is -2.35. The fraction of sp³-hybridized carbons (Fsp3) is 0.900. The van der Waals surface area contributed by atoms with E-state index in [4.69, 9.17) is 0 Å². The molecule has 2 saturated heterocycles. The van der Waals surface area contributed by atoms with Gasteiger partial charge >= 0.3 is 5.97 Å². The van der Waals surface area contributed by atoms with Gasteiger partial charge in [0.15, 0.2) is 0 Å². The lowest BCUT2D eigenvalue weighted by molar-refractivity contribution is -0.145. The fourth-order valence-corrected chi connectivity index (χ4v) is 2.56. The van der Waals surface area contributed by atoms with Crippen LogP contribution in [-0.4, -0.2) is 61.3 Å². The molecule has 0 aromatic carbocycles. The maximum atomic E-state index is 11.3. The molecule has 2 rings (SSSR count). The topological polar surface area (TPSA) is 64.6 Å². The summed E-state index contributed by atoms with van der Waals surface area (Å²) in [4.78, 5) is 13.4. The van der Waals surface area contributed by atoms with E-state index < -0.39 is 5.97 Å². The molecular formula is C10H19N3O2. The molecule has 2 unspecified atom stereocenters. The third kappa shape index (κ3) is 2.48. The van der Waals surface area contributed by atoms with E-state index in [-0.39, 0.29) is 12.0 Å². The predicted molar refractivity (Wildman–Crippen MR) is 56.8 cm³/mol. The Balaban J connectivity index is 2.00. The Kier molecular flexibility index (Phi) is 3.56. The number of carbonyl (C=O) groups is 1. The molecule has 0 radical (unpaired) electrons. The number of hydrogen-bond donors (Lipinski definition) is 3. The van der Waals surface area contributed by atoms with Crippen molar-refractivity contribution in [2.24, 2.45) is 5.92 Å². The van der Waals surface area contributed by atoms with Crippen LogP contribution in [0.5, 0.6) is 0 Å². The smallest absolute Gasteiger partial charge is 0.321 e. The molecule has 0 saturated carbocycles. The zero-order valence-corrected chi connectivity index (χ0v) is 8.91. The van der Waals surface area contributed by atoms with E-state index in [0.717, 1.165) is 45.7 Å². The Bertz CT molecular complexity index is 223. The van der Waals surface area contributed by atoms with Crippen LogP contribution < -0.4 is 10.6 Å². The molecule has 0 bridgehead atoms. The second-order valence-electron chi connectivity index (χ2n) is 4.32. The van der Waals surface area contributed by atoms with Crippen LogP contribution in [0, 0.1) is 5.92 Å². The number of nitrogens with one attached hydrogen (secondary N) is 2. The maximum absolute atomic E-state index is 11.3. The number of nitrogens with zero attached hydrogens (tertiary/aromatic N) is 1. The monoisotopic (exact) mass is 213 g/mol. The van der Waals surface area contributed by atoms with Gasteiger partial charge in [-0.05, 0) is 18.9 Å². The lowest BCUT2D eigenvalue weighted by atomic mass is 9.97. The minimum atomic E-state index is -0.661. The molecule has 0 aromatic heterocycles. The Hall–Kier alpha value is -0.650. The van der Waals surface area contributed by atoms with Crippen molar-refractivity contribution in [3.8, 4) is 0 Å². The number of hydrogen-bond acceptors (Lipinski definition) is 4. The molecule has 2 heterocycles. The van der Waals surface area contributed by atoms with Crippen LogP contribution in [0.4, 0.5) is 0 Å². The van der Waals surface area contributed by atoms with Gasteiger partial charge in [-0.15, -0.1) is 0 Å². The van der Waals surface area contributed by atoms with Gasteiger partial charge in [0.2, 0.25) is 0 Å². The van der Waals surface area contributed by atoms with Crippen LogP contribution in [0.2, 0.25) is 0 Å². The third-order valence-corrected chi connectivity index (χ3v) is 3.34. The van der Waals surface area contributed by atoms with E-state index in [9.17, 15) is 9.90 Å². The molecule has 86 valence electrons. The first-order valence-electron chi connectivity index (χ1n) is 5.67. The highest BCUT2D eigenvalue weighted by Crippen LogP contribution is 2.19. The second kappa shape index (κ2) is 4.92. The molecule has 0 amide bonds. The summed E-state index contributed by atoms with van der Waals surface area (Å²) in [5.41, 5.74) is 0. The molecule has 3 N–H and O–H groups in total.